The lowest BCUT2D eigenvalue weighted by Crippen LogP contribution is -2.33. The van der Waals surface area contributed by atoms with Crippen LogP contribution in [0.25, 0.3) is 0 Å². The average molecular weight is 307 g/mol. The molecule has 0 spiro atoms. The minimum Gasteiger partial charge on any atom is -0.343 e. The number of rotatable bonds is 4. The highest BCUT2D eigenvalue weighted by molar-refractivity contribution is 6.09. The average Bonchev–Trinajstić information content (AvgIpc) is 2.52. The SMILES string of the molecule is O=C(NCC(F)(F)F)c1ccc(C(=O)c2ccccc2)cc1. The molecule has 22 heavy (non-hydrogen) atoms. The van der Waals surface area contributed by atoms with E-state index in [1.54, 1.807) is 35.6 Å². The molecule has 0 radical (unpaired) electrons. The maximum absolute atomic E-state index is 12.1. The van der Waals surface area contributed by atoms with E-state index in [4.69, 9.17) is 0 Å². The topological polar surface area (TPSA) is 46.2 Å². The number of alkyl halides is 3. The third-order valence-corrected chi connectivity index (χ3v) is 2.89. The number of carbonyl (C=O) groups excluding carboxylic acids is 2. The molecule has 1 N–H and O–H groups in total. The van der Waals surface area contributed by atoms with Crippen LogP contribution in [0, 0.1) is 0 Å². The normalized spacial score (nSPS) is 11.0. The van der Waals surface area contributed by atoms with Crippen LogP contribution in [0.2, 0.25) is 0 Å². The van der Waals surface area contributed by atoms with Crippen LogP contribution < -0.4 is 5.32 Å². The molecule has 0 bridgehead atoms. The van der Waals surface area contributed by atoms with Crippen LogP contribution in [-0.4, -0.2) is 24.4 Å². The van der Waals surface area contributed by atoms with Gasteiger partial charge in [-0.2, -0.15) is 13.2 Å². The fraction of sp³-hybridized carbons (Fsp3) is 0.125. The molecule has 2 aromatic rings. The van der Waals surface area contributed by atoms with E-state index >= 15 is 0 Å². The Labute approximate surface area is 124 Å². The summed E-state index contributed by atoms with van der Waals surface area (Å²) in [5.74, 6) is -1.06. The van der Waals surface area contributed by atoms with Crippen molar-refractivity contribution in [1.29, 1.82) is 0 Å². The summed E-state index contributed by atoms with van der Waals surface area (Å²) >= 11 is 0. The summed E-state index contributed by atoms with van der Waals surface area (Å²) in [5.41, 5.74) is 0.921. The van der Waals surface area contributed by atoms with Gasteiger partial charge in [-0.15, -0.1) is 0 Å². The number of halogens is 3. The summed E-state index contributed by atoms with van der Waals surface area (Å²) in [7, 11) is 0. The number of benzene rings is 2. The molecule has 0 aliphatic carbocycles. The van der Waals surface area contributed by atoms with Crippen molar-refractivity contribution in [3.8, 4) is 0 Å². The predicted molar refractivity (Wildman–Crippen MR) is 74.7 cm³/mol. The van der Waals surface area contributed by atoms with Gasteiger partial charge in [0, 0.05) is 16.7 Å². The number of hydrogen-bond acceptors (Lipinski definition) is 2. The van der Waals surface area contributed by atoms with E-state index in [1.807, 2.05) is 0 Å². The standard InChI is InChI=1S/C16H12F3NO2/c17-16(18,19)10-20-15(22)13-8-6-12(7-9-13)14(21)11-4-2-1-3-5-11/h1-9H,10H2,(H,20,22). The zero-order chi connectivity index (χ0) is 16.2. The first kappa shape index (κ1) is 15.8. The largest absolute Gasteiger partial charge is 0.405 e. The summed E-state index contributed by atoms with van der Waals surface area (Å²) in [6, 6.07) is 14.0. The van der Waals surface area contributed by atoms with E-state index in [0.717, 1.165) is 0 Å². The maximum atomic E-state index is 12.1. The second-order valence-electron chi connectivity index (χ2n) is 4.57. The van der Waals surface area contributed by atoms with Crippen molar-refractivity contribution in [3.63, 3.8) is 0 Å². The Balaban J connectivity index is 2.07. The number of amides is 1. The van der Waals surface area contributed by atoms with Gasteiger partial charge in [0.1, 0.15) is 6.54 Å². The highest BCUT2D eigenvalue weighted by atomic mass is 19.4. The van der Waals surface area contributed by atoms with Crippen molar-refractivity contribution in [2.75, 3.05) is 6.54 Å². The molecule has 2 rings (SSSR count). The van der Waals surface area contributed by atoms with Gasteiger partial charge in [-0.3, -0.25) is 9.59 Å². The smallest absolute Gasteiger partial charge is 0.343 e. The molecule has 0 unspecified atom stereocenters. The van der Waals surface area contributed by atoms with Gasteiger partial charge in [-0.1, -0.05) is 42.5 Å². The van der Waals surface area contributed by atoms with E-state index in [-0.39, 0.29) is 11.3 Å². The first-order valence-electron chi connectivity index (χ1n) is 6.41. The summed E-state index contributed by atoms with van der Waals surface area (Å²) in [5, 5.41) is 1.77. The Kier molecular flexibility index (Phi) is 4.60. The van der Waals surface area contributed by atoms with Crippen molar-refractivity contribution >= 4 is 11.7 Å². The molecular weight excluding hydrogens is 295 g/mol. The van der Waals surface area contributed by atoms with Gasteiger partial charge in [-0.05, 0) is 12.1 Å². The van der Waals surface area contributed by atoms with Gasteiger partial charge in [0.05, 0.1) is 0 Å². The Morgan fingerprint density at radius 1 is 0.818 bits per heavy atom. The van der Waals surface area contributed by atoms with Crippen molar-refractivity contribution in [2.24, 2.45) is 0 Å². The van der Waals surface area contributed by atoms with E-state index in [9.17, 15) is 22.8 Å². The number of nitrogens with one attached hydrogen (secondary N) is 1. The predicted octanol–water partition coefficient (Wildman–Crippen LogP) is 3.21. The second-order valence-corrected chi connectivity index (χ2v) is 4.57. The van der Waals surface area contributed by atoms with Crippen LogP contribution in [0.5, 0.6) is 0 Å². The molecular formula is C16H12F3NO2. The van der Waals surface area contributed by atoms with Crippen LogP contribution in [0.15, 0.2) is 54.6 Å². The molecule has 0 heterocycles. The summed E-state index contributed by atoms with van der Waals surface area (Å²) < 4.78 is 36.1. The number of ketones is 1. The van der Waals surface area contributed by atoms with Crippen LogP contribution in [0.4, 0.5) is 13.2 Å². The molecule has 0 aliphatic rings. The van der Waals surface area contributed by atoms with Crippen molar-refractivity contribution < 1.29 is 22.8 Å². The highest BCUT2D eigenvalue weighted by Gasteiger charge is 2.27. The van der Waals surface area contributed by atoms with Gasteiger partial charge in [-0.25, -0.2) is 0 Å². The molecule has 0 atom stereocenters. The van der Waals surface area contributed by atoms with Gasteiger partial charge in [0.25, 0.3) is 5.91 Å². The quantitative estimate of drug-likeness (QED) is 0.882. The molecule has 0 saturated heterocycles. The fourth-order valence-electron chi connectivity index (χ4n) is 1.81. The van der Waals surface area contributed by atoms with Crippen LogP contribution in [-0.2, 0) is 0 Å². The van der Waals surface area contributed by atoms with E-state index < -0.39 is 18.6 Å². The van der Waals surface area contributed by atoms with Gasteiger partial charge in [0.15, 0.2) is 5.78 Å². The molecule has 1 amide bonds. The fourth-order valence-corrected chi connectivity index (χ4v) is 1.81. The van der Waals surface area contributed by atoms with E-state index in [2.05, 4.69) is 0 Å². The summed E-state index contributed by atoms with van der Waals surface area (Å²) in [4.78, 5) is 23.7. The monoisotopic (exact) mass is 307 g/mol. The van der Waals surface area contributed by atoms with E-state index in [0.29, 0.717) is 11.1 Å². The number of hydrogen-bond donors (Lipinski definition) is 1. The first-order chi connectivity index (χ1) is 10.4. The Bertz CT molecular complexity index is 664. The minimum absolute atomic E-state index is 0.0638. The molecule has 0 aromatic heterocycles. The Morgan fingerprint density at radius 3 is 1.86 bits per heavy atom. The summed E-state index contributed by atoms with van der Waals surface area (Å²) in [6.45, 7) is -1.39. The Hall–Kier alpha value is -2.63. The first-order valence-corrected chi connectivity index (χ1v) is 6.41. The maximum Gasteiger partial charge on any atom is 0.405 e. The Morgan fingerprint density at radius 2 is 1.32 bits per heavy atom. The third kappa shape index (κ3) is 4.18. The van der Waals surface area contributed by atoms with Crippen molar-refractivity contribution in [2.45, 2.75) is 6.18 Å². The van der Waals surface area contributed by atoms with Crippen LogP contribution in [0.1, 0.15) is 26.3 Å². The highest BCUT2D eigenvalue weighted by Crippen LogP contribution is 2.14. The van der Waals surface area contributed by atoms with Crippen LogP contribution >= 0.6 is 0 Å². The van der Waals surface area contributed by atoms with Crippen molar-refractivity contribution in [3.05, 3.63) is 71.3 Å². The van der Waals surface area contributed by atoms with Gasteiger partial charge in [0.2, 0.25) is 0 Å². The zero-order valence-electron chi connectivity index (χ0n) is 11.4. The second kappa shape index (κ2) is 6.43. The molecule has 0 fully saturated rings. The molecule has 2 aromatic carbocycles. The number of carbonyl (C=O) groups is 2. The lowest BCUT2D eigenvalue weighted by molar-refractivity contribution is -0.123. The minimum atomic E-state index is -4.46. The van der Waals surface area contributed by atoms with Gasteiger partial charge >= 0.3 is 6.18 Å². The summed E-state index contributed by atoms with van der Waals surface area (Å²) in [6.07, 6.45) is -4.46. The zero-order valence-corrected chi connectivity index (χ0v) is 11.4. The molecule has 0 aliphatic heterocycles. The molecule has 3 nitrogen and oxygen atoms in total. The molecule has 114 valence electrons. The third-order valence-electron chi connectivity index (χ3n) is 2.89. The van der Waals surface area contributed by atoms with Crippen molar-refractivity contribution in [1.82, 2.24) is 5.32 Å². The lowest BCUT2D eigenvalue weighted by atomic mass is 10.0. The van der Waals surface area contributed by atoms with Crippen LogP contribution in [0.3, 0.4) is 0 Å². The molecule has 0 saturated carbocycles. The van der Waals surface area contributed by atoms with E-state index in [1.165, 1.54) is 24.3 Å². The molecule has 6 heteroatoms. The van der Waals surface area contributed by atoms with Gasteiger partial charge < -0.3 is 5.32 Å². The lowest BCUT2D eigenvalue weighted by Gasteiger charge is -2.08.